The molecule has 1 aliphatic heterocycles. The molecule has 1 aromatic heterocycles. The van der Waals surface area contributed by atoms with E-state index in [1.165, 1.54) is 16.8 Å². The van der Waals surface area contributed by atoms with Crippen LogP contribution in [0.2, 0.25) is 0 Å². The average Bonchev–Trinajstić information content (AvgIpc) is 2.94. The first-order valence-electron chi connectivity index (χ1n) is 6.86. The van der Waals surface area contributed by atoms with E-state index in [1.54, 1.807) is 11.3 Å². The monoisotopic (exact) mass is 272 g/mol. The van der Waals surface area contributed by atoms with Gasteiger partial charge in [-0.2, -0.15) is 11.3 Å². The SMILES string of the molecule is Cc1ccc(N2CCN(Cc3ccsc3)CC2)cc1. The Hall–Kier alpha value is -1.32. The van der Waals surface area contributed by atoms with E-state index in [1.807, 2.05) is 0 Å². The Bertz CT molecular complexity index is 496. The highest BCUT2D eigenvalue weighted by molar-refractivity contribution is 7.07. The van der Waals surface area contributed by atoms with Gasteiger partial charge in [0.1, 0.15) is 0 Å². The minimum absolute atomic E-state index is 1.10. The third-order valence-corrected chi connectivity index (χ3v) is 4.49. The van der Waals surface area contributed by atoms with Crippen LogP contribution in [0.5, 0.6) is 0 Å². The van der Waals surface area contributed by atoms with Gasteiger partial charge in [-0.05, 0) is 41.4 Å². The summed E-state index contributed by atoms with van der Waals surface area (Å²) in [4.78, 5) is 5.04. The van der Waals surface area contributed by atoms with Crippen molar-refractivity contribution in [2.24, 2.45) is 0 Å². The maximum Gasteiger partial charge on any atom is 0.0367 e. The third kappa shape index (κ3) is 3.17. The third-order valence-electron chi connectivity index (χ3n) is 3.76. The van der Waals surface area contributed by atoms with E-state index in [9.17, 15) is 0 Å². The minimum Gasteiger partial charge on any atom is -0.369 e. The Morgan fingerprint density at radius 3 is 2.37 bits per heavy atom. The summed E-state index contributed by atoms with van der Waals surface area (Å²) in [5.41, 5.74) is 4.15. The van der Waals surface area contributed by atoms with Crippen molar-refractivity contribution in [3.8, 4) is 0 Å². The molecule has 0 aliphatic carbocycles. The number of benzene rings is 1. The molecule has 0 atom stereocenters. The zero-order chi connectivity index (χ0) is 13.1. The van der Waals surface area contributed by atoms with Crippen molar-refractivity contribution in [1.82, 2.24) is 4.90 Å². The van der Waals surface area contributed by atoms with Crippen molar-refractivity contribution in [2.75, 3.05) is 31.1 Å². The second-order valence-corrected chi connectivity index (χ2v) is 6.01. The van der Waals surface area contributed by atoms with Crippen LogP contribution >= 0.6 is 11.3 Å². The van der Waals surface area contributed by atoms with Crippen molar-refractivity contribution in [2.45, 2.75) is 13.5 Å². The average molecular weight is 272 g/mol. The summed E-state index contributed by atoms with van der Waals surface area (Å²) in [6.07, 6.45) is 0. The van der Waals surface area contributed by atoms with Gasteiger partial charge in [0.25, 0.3) is 0 Å². The van der Waals surface area contributed by atoms with E-state index >= 15 is 0 Å². The second kappa shape index (κ2) is 5.76. The molecule has 1 aromatic carbocycles. The van der Waals surface area contributed by atoms with Crippen molar-refractivity contribution in [3.05, 3.63) is 52.2 Å². The molecule has 1 saturated heterocycles. The Labute approximate surface area is 119 Å². The molecule has 0 bridgehead atoms. The summed E-state index contributed by atoms with van der Waals surface area (Å²) >= 11 is 1.79. The highest BCUT2D eigenvalue weighted by Crippen LogP contribution is 2.18. The highest BCUT2D eigenvalue weighted by Gasteiger charge is 2.17. The molecule has 0 unspecified atom stereocenters. The normalized spacial score (nSPS) is 16.8. The maximum atomic E-state index is 2.55. The van der Waals surface area contributed by atoms with Crippen LogP contribution in [0.3, 0.4) is 0 Å². The Morgan fingerprint density at radius 2 is 1.74 bits per heavy atom. The number of nitrogens with zero attached hydrogens (tertiary/aromatic N) is 2. The molecule has 0 spiro atoms. The zero-order valence-corrected chi connectivity index (χ0v) is 12.2. The lowest BCUT2D eigenvalue weighted by Crippen LogP contribution is -2.45. The summed E-state index contributed by atoms with van der Waals surface area (Å²) < 4.78 is 0. The number of rotatable bonds is 3. The van der Waals surface area contributed by atoms with Gasteiger partial charge in [-0.3, -0.25) is 4.90 Å². The van der Waals surface area contributed by atoms with E-state index in [0.29, 0.717) is 0 Å². The molecule has 0 radical (unpaired) electrons. The van der Waals surface area contributed by atoms with Crippen LogP contribution in [-0.2, 0) is 6.54 Å². The van der Waals surface area contributed by atoms with Crippen molar-refractivity contribution < 1.29 is 0 Å². The molecule has 19 heavy (non-hydrogen) atoms. The molecule has 3 rings (SSSR count). The summed E-state index contributed by atoms with van der Waals surface area (Å²) in [6.45, 7) is 7.82. The van der Waals surface area contributed by atoms with Gasteiger partial charge in [-0.25, -0.2) is 0 Å². The van der Waals surface area contributed by atoms with E-state index in [4.69, 9.17) is 0 Å². The van der Waals surface area contributed by atoms with Crippen LogP contribution in [0.4, 0.5) is 5.69 Å². The molecule has 2 nitrogen and oxygen atoms in total. The van der Waals surface area contributed by atoms with E-state index in [2.05, 4.69) is 57.8 Å². The van der Waals surface area contributed by atoms with Gasteiger partial charge in [-0.15, -0.1) is 0 Å². The fraction of sp³-hybridized carbons (Fsp3) is 0.375. The Kier molecular flexibility index (Phi) is 3.85. The number of anilines is 1. The number of piperazine rings is 1. The quantitative estimate of drug-likeness (QED) is 0.845. The predicted molar refractivity (Wildman–Crippen MR) is 83.0 cm³/mol. The van der Waals surface area contributed by atoms with Gasteiger partial charge in [0.2, 0.25) is 0 Å². The largest absolute Gasteiger partial charge is 0.369 e. The van der Waals surface area contributed by atoms with Gasteiger partial charge < -0.3 is 4.90 Å². The van der Waals surface area contributed by atoms with Gasteiger partial charge in [0, 0.05) is 38.4 Å². The van der Waals surface area contributed by atoms with E-state index in [0.717, 1.165) is 32.7 Å². The first kappa shape index (κ1) is 12.7. The summed E-state index contributed by atoms with van der Waals surface area (Å²) in [6, 6.07) is 11.1. The topological polar surface area (TPSA) is 6.48 Å². The molecule has 2 heterocycles. The first-order valence-corrected chi connectivity index (χ1v) is 7.80. The summed E-state index contributed by atoms with van der Waals surface area (Å²) in [5, 5.41) is 4.42. The number of thiophene rings is 1. The lowest BCUT2D eigenvalue weighted by Gasteiger charge is -2.36. The van der Waals surface area contributed by atoms with E-state index < -0.39 is 0 Å². The van der Waals surface area contributed by atoms with Crippen molar-refractivity contribution >= 4 is 17.0 Å². The van der Waals surface area contributed by atoms with Gasteiger partial charge >= 0.3 is 0 Å². The molecule has 3 heteroatoms. The molecule has 0 amide bonds. The fourth-order valence-electron chi connectivity index (χ4n) is 2.56. The lowest BCUT2D eigenvalue weighted by atomic mass is 10.2. The number of aryl methyl sites for hydroxylation is 1. The predicted octanol–water partition coefficient (Wildman–Crippen LogP) is 3.38. The van der Waals surface area contributed by atoms with Crippen LogP contribution in [-0.4, -0.2) is 31.1 Å². The molecule has 0 saturated carbocycles. The molecule has 100 valence electrons. The smallest absolute Gasteiger partial charge is 0.0367 e. The standard InChI is InChI=1S/C16H20N2S/c1-14-2-4-16(5-3-14)18-9-7-17(8-10-18)12-15-6-11-19-13-15/h2-6,11,13H,7-10,12H2,1H3. The highest BCUT2D eigenvalue weighted by atomic mass is 32.1. The molecular formula is C16H20N2S. The van der Waals surface area contributed by atoms with Crippen LogP contribution in [0, 0.1) is 6.92 Å². The number of hydrogen-bond donors (Lipinski definition) is 0. The van der Waals surface area contributed by atoms with Crippen LogP contribution < -0.4 is 4.90 Å². The van der Waals surface area contributed by atoms with E-state index in [-0.39, 0.29) is 0 Å². The molecule has 0 N–H and O–H groups in total. The van der Waals surface area contributed by atoms with Gasteiger partial charge in [0.05, 0.1) is 0 Å². The molecule has 1 aliphatic rings. The zero-order valence-electron chi connectivity index (χ0n) is 11.4. The minimum atomic E-state index is 1.10. The lowest BCUT2D eigenvalue weighted by molar-refractivity contribution is 0.250. The van der Waals surface area contributed by atoms with Crippen LogP contribution in [0.15, 0.2) is 41.1 Å². The maximum absolute atomic E-state index is 2.55. The molecule has 2 aromatic rings. The Morgan fingerprint density at radius 1 is 1.00 bits per heavy atom. The number of hydrogen-bond acceptors (Lipinski definition) is 3. The van der Waals surface area contributed by atoms with Crippen molar-refractivity contribution in [1.29, 1.82) is 0 Å². The second-order valence-electron chi connectivity index (χ2n) is 5.23. The Balaban J connectivity index is 1.56. The fourth-order valence-corrected chi connectivity index (χ4v) is 3.22. The molecular weight excluding hydrogens is 252 g/mol. The first-order chi connectivity index (χ1) is 9.31. The summed E-state index contributed by atoms with van der Waals surface area (Å²) in [5.74, 6) is 0. The van der Waals surface area contributed by atoms with Gasteiger partial charge in [0.15, 0.2) is 0 Å². The molecule has 1 fully saturated rings. The van der Waals surface area contributed by atoms with Crippen molar-refractivity contribution in [3.63, 3.8) is 0 Å². The van der Waals surface area contributed by atoms with Crippen LogP contribution in [0.1, 0.15) is 11.1 Å². The summed E-state index contributed by atoms with van der Waals surface area (Å²) in [7, 11) is 0. The van der Waals surface area contributed by atoms with Crippen LogP contribution in [0.25, 0.3) is 0 Å². The van der Waals surface area contributed by atoms with Gasteiger partial charge in [-0.1, -0.05) is 17.7 Å².